The minimum atomic E-state index is -0.436. The molecule has 0 saturated heterocycles. The van der Waals surface area contributed by atoms with E-state index < -0.39 is 5.91 Å². The number of aliphatic imine (C=N–C) groups is 1. The number of amidine groups is 2. The number of nitrogens with one attached hydrogen (secondary N) is 1. The number of carbonyl (C=O) groups is 1. The van der Waals surface area contributed by atoms with Gasteiger partial charge in [0.1, 0.15) is 17.4 Å². The first-order valence-electron chi connectivity index (χ1n) is 12.7. The second-order valence-electron chi connectivity index (χ2n) is 9.66. The molecule has 1 aromatic heterocycles. The zero-order chi connectivity index (χ0) is 27.1. The molecule has 0 spiro atoms. The third kappa shape index (κ3) is 4.68. The number of thioether (sulfide) groups is 1. The maximum absolute atomic E-state index is 13.1. The molecule has 0 radical (unpaired) electrons. The van der Waals surface area contributed by atoms with E-state index in [1.165, 1.54) is 16.8 Å². The van der Waals surface area contributed by atoms with Crippen molar-refractivity contribution in [3.63, 3.8) is 0 Å². The van der Waals surface area contributed by atoms with Gasteiger partial charge < -0.3 is 9.30 Å². The lowest BCUT2D eigenvalue weighted by Gasteiger charge is -2.20. The van der Waals surface area contributed by atoms with E-state index >= 15 is 0 Å². The largest absolute Gasteiger partial charge is 0.491 e. The van der Waals surface area contributed by atoms with Gasteiger partial charge >= 0.3 is 0 Å². The van der Waals surface area contributed by atoms with Crippen molar-refractivity contribution in [1.82, 2.24) is 9.58 Å². The van der Waals surface area contributed by atoms with E-state index in [9.17, 15) is 4.79 Å². The van der Waals surface area contributed by atoms with E-state index in [0.717, 1.165) is 44.5 Å². The third-order valence-corrected chi connectivity index (χ3v) is 7.82. The number of hydrogen-bond acceptors (Lipinski definition) is 5. The van der Waals surface area contributed by atoms with Crippen molar-refractivity contribution in [1.29, 1.82) is 5.41 Å². The Morgan fingerprint density at radius 2 is 1.72 bits per heavy atom. The van der Waals surface area contributed by atoms with Crippen LogP contribution < -0.4 is 4.74 Å². The molecule has 4 aromatic rings. The summed E-state index contributed by atoms with van der Waals surface area (Å²) in [5.74, 6) is 0.504. The first-order chi connectivity index (χ1) is 18.9. The van der Waals surface area contributed by atoms with Crippen LogP contribution in [0.25, 0.3) is 17.0 Å². The van der Waals surface area contributed by atoms with Gasteiger partial charge in [-0.05, 0) is 55.8 Å². The molecule has 6 rings (SSSR count). The average molecular weight is 534 g/mol. The van der Waals surface area contributed by atoms with Crippen molar-refractivity contribution >= 4 is 50.7 Å². The average Bonchev–Trinajstić information content (AvgIpc) is 3.50. The minimum absolute atomic E-state index is 0.0230. The summed E-state index contributed by atoms with van der Waals surface area (Å²) in [6.45, 7) is 7.27. The summed E-state index contributed by atoms with van der Waals surface area (Å²) >= 11 is 1.30. The second kappa shape index (κ2) is 10.0. The number of aryl methyl sites for hydroxylation is 3. The van der Waals surface area contributed by atoms with Crippen LogP contribution in [0.4, 0.5) is 0 Å². The molecular formula is C31H27N5O2S. The van der Waals surface area contributed by atoms with Crippen molar-refractivity contribution in [3.05, 3.63) is 106 Å². The number of para-hydroxylation sites is 2. The fourth-order valence-electron chi connectivity index (χ4n) is 4.81. The van der Waals surface area contributed by atoms with Gasteiger partial charge in [0.25, 0.3) is 5.91 Å². The van der Waals surface area contributed by atoms with Crippen LogP contribution in [0.3, 0.4) is 0 Å². The maximum atomic E-state index is 13.1. The molecule has 2 aliphatic rings. The van der Waals surface area contributed by atoms with Gasteiger partial charge in [0, 0.05) is 28.2 Å². The number of hydrogen-bond donors (Lipinski definition) is 1. The molecule has 0 bridgehead atoms. The Balaban J connectivity index is 1.28. The number of hydrazone groups is 1. The molecule has 0 fully saturated rings. The molecule has 194 valence electrons. The molecule has 3 heterocycles. The Labute approximate surface area is 231 Å². The Morgan fingerprint density at radius 3 is 2.49 bits per heavy atom. The highest BCUT2D eigenvalue weighted by Crippen LogP contribution is 2.32. The van der Waals surface area contributed by atoms with Gasteiger partial charge in [0.05, 0.1) is 12.1 Å². The number of ether oxygens (including phenoxy) is 1. The monoisotopic (exact) mass is 533 g/mol. The van der Waals surface area contributed by atoms with Gasteiger partial charge in [-0.25, -0.2) is 0 Å². The van der Waals surface area contributed by atoms with Crippen LogP contribution in [0.15, 0.2) is 88.6 Å². The van der Waals surface area contributed by atoms with Crippen LogP contribution in [0.5, 0.6) is 5.75 Å². The number of fused-ring (bicyclic) bond motifs is 2. The van der Waals surface area contributed by atoms with Crippen LogP contribution in [0, 0.1) is 26.2 Å². The lowest BCUT2D eigenvalue weighted by molar-refractivity contribution is -0.114. The zero-order valence-electron chi connectivity index (χ0n) is 21.9. The number of carbonyl (C=O) groups excluding carboxylic acids is 1. The standard InChI is InChI=1S/C31H27N5O2S/c1-19-11-13-22(14-12-19)30-34-36-28(32)25(29(37)33-31(36)39-30)17-23-18-35(26-10-5-4-9-24(23)26)15-16-38-27-20(2)7-6-8-21(27)3/h4-14,17-18,32H,15-16H2,1-3H3/b25-17-,32-28?. The first-order valence-corrected chi connectivity index (χ1v) is 13.5. The number of nitrogens with zero attached hydrogens (tertiary/aromatic N) is 4. The molecule has 39 heavy (non-hydrogen) atoms. The van der Waals surface area contributed by atoms with Crippen molar-refractivity contribution in [3.8, 4) is 5.75 Å². The summed E-state index contributed by atoms with van der Waals surface area (Å²) in [6.07, 6.45) is 3.76. The van der Waals surface area contributed by atoms with Crippen LogP contribution in [-0.4, -0.2) is 38.1 Å². The van der Waals surface area contributed by atoms with E-state index in [2.05, 4.69) is 20.7 Å². The molecule has 0 atom stereocenters. The predicted molar refractivity (Wildman–Crippen MR) is 159 cm³/mol. The second-order valence-corrected chi connectivity index (χ2v) is 10.6. The molecule has 1 amide bonds. The van der Waals surface area contributed by atoms with Crippen LogP contribution >= 0.6 is 11.8 Å². The molecular weight excluding hydrogens is 506 g/mol. The van der Waals surface area contributed by atoms with Gasteiger partial charge in [-0.15, -0.1) is 0 Å². The molecule has 0 aliphatic carbocycles. The Kier molecular flexibility index (Phi) is 6.40. The summed E-state index contributed by atoms with van der Waals surface area (Å²) in [4.78, 5) is 17.3. The first kappa shape index (κ1) is 24.9. The number of aromatic nitrogens is 1. The number of benzene rings is 3. The Bertz CT molecular complexity index is 1710. The van der Waals surface area contributed by atoms with Crippen LogP contribution in [-0.2, 0) is 11.3 Å². The fraction of sp³-hybridized carbons (Fsp3) is 0.161. The molecule has 3 aromatic carbocycles. The van der Waals surface area contributed by atoms with Gasteiger partial charge in [0.2, 0.25) is 5.17 Å². The molecule has 8 heteroatoms. The van der Waals surface area contributed by atoms with Crippen LogP contribution in [0.1, 0.15) is 27.8 Å². The summed E-state index contributed by atoms with van der Waals surface area (Å²) in [7, 11) is 0. The van der Waals surface area contributed by atoms with E-state index in [-0.39, 0.29) is 11.4 Å². The highest BCUT2D eigenvalue weighted by Gasteiger charge is 2.36. The zero-order valence-corrected chi connectivity index (χ0v) is 22.7. The quantitative estimate of drug-likeness (QED) is 0.294. The van der Waals surface area contributed by atoms with Gasteiger partial charge in [-0.1, -0.05) is 66.2 Å². The summed E-state index contributed by atoms with van der Waals surface area (Å²) in [5.41, 5.74) is 6.40. The molecule has 7 nitrogen and oxygen atoms in total. The highest BCUT2D eigenvalue weighted by atomic mass is 32.2. The fourth-order valence-corrected chi connectivity index (χ4v) is 5.70. The number of amides is 1. The molecule has 0 saturated carbocycles. The van der Waals surface area contributed by atoms with Crippen molar-refractivity contribution in [2.75, 3.05) is 6.61 Å². The normalized spacial score (nSPS) is 16.1. The third-order valence-electron chi connectivity index (χ3n) is 6.86. The summed E-state index contributed by atoms with van der Waals surface area (Å²) in [6, 6.07) is 22.2. The van der Waals surface area contributed by atoms with Crippen LogP contribution in [0.2, 0.25) is 0 Å². The predicted octanol–water partition coefficient (Wildman–Crippen LogP) is 6.31. The van der Waals surface area contributed by atoms with E-state index in [1.807, 2.05) is 87.6 Å². The van der Waals surface area contributed by atoms with Gasteiger partial charge in [0.15, 0.2) is 5.84 Å². The van der Waals surface area contributed by atoms with Crippen molar-refractivity contribution < 1.29 is 9.53 Å². The van der Waals surface area contributed by atoms with Crippen molar-refractivity contribution in [2.24, 2.45) is 10.1 Å². The number of rotatable bonds is 6. The van der Waals surface area contributed by atoms with Crippen molar-refractivity contribution in [2.45, 2.75) is 27.3 Å². The lowest BCUT2D eigenvalue weighted by Crippen LogP contribution is -2.35. The van der Waals surface area contributed by atoms with Gasteiger partial charge in [-0.3, -0.25) is 10.2 Å². The maximum Gasteiger partial charge on any atom is 0.283 e. The molecule has 2 aliphatic heterocycles. The van der Waals surface area contributed by atoms with E-state index in [1.54, 1.807) is 6.08 Å². The SMILES string of the molecule is Cc1ccc(C2=NN3C(=N)/C(=C/c4cn(CCOc5c(C)cccc5C)c5ccccc45)C(=O)N=C3S2)cc1. The molecule has 1 N–H and O–H groups in total. The summed E-state index contributed by atoms with van der Waals surface area (Å²) < 4.78 is 8.27. The highest BCUT2D eigenvalue weighted by molar-refractivity contribution is 8.27. The van der Waals surface area contributed by atoms with E-state index in [0.29, 0.717) is 23.4 Å². The smallest absolute Gasteiger partial charge is 0.283 e. The summed E-state index contributed by atoms with van der Waals surface area (Å²) in [5, 5.41) is 17.0. The van der Waals surface area contributed by atoms with Gasteiger partial charge in [-0.2, -0.15) is 15.1 Å². The minimum Gasteiger partial charge on any atom is -0.491 e. The molecule has 0 unspecified atom stereocenters. The lowest BCUT2D eigenvalue weighted by atomic mass is 10.1. The Hall–Kier alpha value is -4.43. The van der Waals surface area contributed by atoms with E-state index in [4.69, 9.17) is 10.1 Å². The topological polar surface area (TPSA) is 83.0 Å². The Morgan fingerprint density at radius 1 is 0.974 bits per heavy atom.